The Morgan fingerprint density at radius 3 is 2.84 bits per heavy atom. The fourth-order valence-corrected chi connectivity index (χ4v) is 5.49. The molecule has 2 heterocycles. The number of carbonyl (C=O) groups is 1. The molecule has 3 aliphatic rings. The molecule has 4 rings (SSSR count). The number of carbonyl (C=O) groups excluding carboxylic acids is 1. The van der Waals surface area contributed by atoms with Crippen molar-refractivity contribution in [3.63, 3.8) is 0 Å². The summed E-state index contributed by atoms with van der Waals surface area (Å²) in [5, 5.41) is 17.9. The molecule has 2 unspecified atom stereocenters. The third kappa shape index (κ3) is 3.10. The Morgan fingerprint density at radius 1 is 1.44 bits per heavy atom. The van der Waals surface area contributed by atoms with Gasteiger partial charge in [-0.3, -0.25) is 9.48 Å². The Hall–Kier alpha value is -1.40. The highest BCUT2D eigenvalue weighted by atomic mass is 16.3. The Morgan fingerprint density at radius 2 is 2.20 bits per heavy atom. The molecule has 6 heteroatoms. The van der Waals surface area contributed by atoms with Crippen molar-refractivity contribution in [1.82, 2.24) is 20.0 Å². The summed E-state index contributed by atoms with van der Waals surface area (Å²) in [5.41, 5.74) is 1.40. The first kappa shape index (κ1) is 17.0. The van der Waals surface area contributed by atoms with Crippen molar-refractivity contribution in [3.8, 4) is 0 Å². The number of amides is 1. The topological polar surface area (TPSA) is 70.4 Å². The van der Waals surface area contributed by atoms with Gasteiger partial charge in [0.2, 0.25) is 5.91 Å². The Kier molecular flexibility index (Phi) is 4.15. The van der Waals surface area contributed by atoms with Gasteiger partial charge in [-0.25, -0.2) is 0 Å². The summed E-state index contributed by atoms with van der Waals surface area (Å²) in [6, 6.07) is 0.359. The number of nitrogens with one attached hydrogen (secondary N) is 1. The van der Waals surface area contributed by atoms with Gasteiger partial charge in [-0.2, -0.15) is 5.10 Å². The van der Waals surface area contributed by atoms with Gasteiger partial charge in [0.25, 0.3) is 0 Å². The van der Waals surface area contributed by atoms with E-state index in [0.29, 0.717) is 17.9 Å². The van der Waals surface area contributed by atoms with Crippen molar-refractivity contribution in [3.05, 3.63) is 18.0 Å². The van der Waals surface area contributed by atoms with Crippen LogP contribution >= 0.6 is 0 Å². The number of hydrogen-bond donors (Lipinski definition) is 2. The molecule has 1 saturated heterocycles. The highest BCUT2D eigenvalue weighted by Crippen LogP contribution is 2.52. The lowest BCUT2D eigenvalue weighted by Crippen LogP contribution is -2.64. The SMILES string of the molecule is CC(C)C1N(C)CC12C[C@@H](O)[C@H](NC(=O)Cn1cc(C3CC3)cn1)C2. The highest BCUT2D eigenvalue weighted by Gasteiger charge is 2.58. The first-order valence-corrected chi connectivity index (χ1v) is 9.58. The molecule has 3 fully saturated rings. The lowest BCUT2D eigenvalue weighted by atomic mass is 9.66. The van der Waals surface area contributed by atoms with Gasteiger partial charge in [-0.1, -0.05) is 13.8 Å². The second-order valence-electron chi connectivity index (χ2n) is 8.86. The maximum atomic E-state index is 12.4. The van der Waals surface area contributed by atoms with E-state index in [9.17, 15) is 9.90 Å². The molecular weight excluding hydrogens is 316 g/mol. The standard InChI is InChI=1S/C19H30N4O2/c1-12(2)18-19(11-22(18)3)6-15(16(24)7-19)21-17(25)10-23-9-14(8-20-23)13-4-5-13/h8-9,12-13,15-16,18,24H,4-7,10-11H2,1-3H3,(H,21,25)/t15-,16-,18?,19?/m1/s1. The molecule has 2 aliphatic carbocycles. The lowest BCUT2D eigenvalue weighted by molar-refractivity contribution is -0.123. The van der Waals surface area contributed by atoms with Gasteiger partial charge >= 0.3 is 0 Å². The van der Waals surface area contributed by atoms with E-state index in [0.717, 1.165) is 19.4 Å². The van der Waals surface area contributed by atoms with E-state index in [1.54, 1.807) is 4.68 Å². The maximum Gasteiger partial charge on any atom is 0.242 e. The molecule has 0 radical (unpaired) electrons. The van der Waals surface area contributed by atoms with Crippen LogP contribution in [0.25, 0.3) is 0 Å². The van der Waals surface area contributed by atoms with Crippen LogP contribution in [0.4, 0.5) is 0 Å². The molecule has 2 N–H and O–H groups in total. The average molecular weight is 346 g/mol. The van der Waals surface area contributed by atoms with E-state index < -0.39 is 6.10 Å². The van der Waals surface area contributed by atoms with Gasteiger partial charge in [0.1, 0.15) is 6.54 Å². The van der Waals surface area contributed by atoms with Crippen LogP contribution in [0, 0.1) is 11.3 Å². The van der Waals surface area contributed by atoms with Crippen molar-refractivity contribution in [1.29, 1.82) is 0 Å². The normalized spacial score (nSPS) is 35.3. The van der Waals surface area contributed by atoms with Crippen molar-refractivity contribution in [2.75, 3.05) is 13.6 Å². The summed E-state index contributed by atoms with van der Waals surface area (Å²) in [6.07, 6.45) is 7.55. The number of likely N-dealkylation sites (tertiary alicyclic amines) is 1. The quantitative estimate of drug-likeness (QED) is 0.844. The molecule has 0 bridgehead atoms. The van der Waals surface area contributed by atoms with E-state index in [4.69, 9.17) is 0 Å². The molecule has 25 heavy (non-hydrogen) atoms. The molecule has 0 aromatic carbocycles. The van der Waals surface area contributed by atoms with Gasteiger partial charge in [-0.05, 0) is 50.1 Å². The second kappa shape index (κ2) is 6.09. The number of aliphatic hydroxyl groups excluding tert-OH is 1. The monoisotopic (exact) mass is 346 g/mol. The minimum atomic E-state index is -0.446. The lowest BCUT2D eigenvalue weighted by Gasteiger charge is -2.57. The smallest absolute Gasteiger partial charge is 0.242 e. The summed E-state index contributed by atoms with van der Waals surface area (Å²) >= 11 is 0. The van der Waals surface area contributed by atoms with Gasteiger partial charge in [0.05, 0.1) is 18.3 Å². The van der Waals surface area contributed by atoms with Crippen LogP contribution in [0.15, 0.2) is 12.4 Å². The van der Waals surface area contributed by atoms with Crippen molar-refractivity contribution in [2.45, 2.75) is 70.2 Å². The largest absolute Gasteiger partial charge is 0.391 e. The average Bonchev–Trinajstić information content (AvgIpc) is 3.17. The third-order valence-corrected chi connectivity index (χ3v) is 6.36. The number of aliphatic hydroxyl groups is 1. The Balaban J connectivity index is 1.35. The minimum Gasteiger partial charge on any atom is -0.391 e. The summed E-state index contributed by atoms with van der Waals surface area (Å²) in [7, 11) is 2.16. The second-order valence-corrected chi connectivity index (χ2v) is 8.86. The molecule has 1 aliphatic heterocycles. The molecule has 1 spiro atoms. The number of aromatic nitrogens is 2. The molecule has 138 valence electrons. The van der Waals surface area contributed by atoms with E-state index in [1.807, 2.05) is 12.4 Å². The first-order valence-electron chi connectivity index (χ1n) is 9.58. The van der Waals surface area contributed by atoms with Crippen LogP contribution < -0.4 is 5.32 Å². The molecule has 1 aromatic rings. The van der Waals surface area contributed by atoms with Gasteiger partial charge < -0.3 is 15.3 Å². The molecular formula is C19H30N4O2. The zero-order valence-electron chi connectivity index (χ0n) is 15.5. The number of nitrogens with zero attached hydrogens (tertiary/aromatic N) is 3. The zero-order chi connectivity index (χ0) is 17.8. The van der Waals surface area contributed by atoms with Gasteiger partial charge in [0, 0.05) is 24.2 Å². The third-order valence-electron chi connectivity index (χ3n) is 6.36. The molecule has 1 aromatic heterocycles. The molecule has 1 amide bonds. The van der Waals surface area contributed by atoms with Crippen molar-refractivity contribution in [2.24, 2.45) is 11.3 Å². The highest BCUT2D eigenvalue weighted by molar-refractivity contribution is 5.76. The first-order chi connectivity index (χ1) is 11.9. The number of rotatable bonds is 5. The van der Waals surface area contributed by atoms with E-state index in [1.165, 1.54) is 18.4 Å². The summed E-state index contributed by atoms with van der Waals surface area (Å²) in [4.78, 5) is 14.8. The van der Waals surface area contributed by atoms with Crippen LogP contribution in [0.3, 0.4) is 0 Å². The number of hydrogen-bond acceptors (Lipinski definition) is 4. The fraction of sp³-hybridized carbons (Fsp3) is 0.789. The fourth-order valence-electron chi connectivity index (χ4n) is 5.49. The summed E-state index contributed by atoms with van der Waals surface area (Å²) in [5.74, 6) is 1.16. The zero-order valence-corrected chi connectivity index (χ0v) is 15.5. The van der Waals surface area contributed by atoms with Crippen LogP contribution in [0.1, 0.15) is 51.0 Å². The predicted octanol–water partition coefficient (Wildman–Crippen LogP) is 1.36. The van der Waals surface area contributed by atoms with Gasteiger partial charge in [-0.15, -0.1) is 0 Å². The molecule has 4 atom stereocenters. The molecule has 2 saturated carbocycles. The van der Waals surface area contributed by atoms with Crippen LogP contribution in [0.2, 0.25) is 0 Å². The summed E-state index contributed by atoms with van der Waals surface area (Å²) in [6.45, 7) is 5.74. The minimum absolute atomic E-state index is 0.0553. The summed E-state index contributed by atoms with van der Waals surface area (Å²) < 4.78 is 1.72. The Labute approximate surface area is 149 Å². The van der Waals surface area contributed by atoms with Crippen molar-refractivity contribution < 1.29 is 9.90 Å². The van der Waals surface area contributed by atoms with Gasteiger partial charge in [0.15, 0.2) is 0 Å². The molecule has 6 nitrogen and oxygen atoms in total. The Bertz CT molecular complexity index is 649. The van der Waals surface area contributed by atoms with Crippen LogP contribution in [0.5, 0.6) is 0 Å². The maximum absolute atomic E-state index is 12.4. The van der Waals surface area contributed by atoms with E-state index >= 15 is 0 Å². The predicted molar refractivity (Wildman–Crippen MR) is 95.1 cm³/mol. The van der Waals surface area contributed by atoms with Crippen LogP contribution in [-0.2, 0) is 11.3 Å². The van der Waals surface area contributed by atoms with Crippen molar-refractivity contribution >= 4 is 5.91 Å². The van der Waals surface area contributed by atoms with Crippen LogP contribution in [-0.4, -0.2) is 57.5 Å². The van der Waals surface area contributed by atoms with E-state index in [2.05, 4.69) is 36.2 Å². The van der Waals surface area contributed by atoms with E-state index in [-0.39, 0.29) is 23.9 Å².